The Bertz CT molecular complexity index is 1720. The molecule has 184 valence electrons. The molecule has 0 spiro atoms. The van der Waals surface area contributed by atoms with Crippen LogP contribution in [0.1, 0.15) is 50.5 Å². The van der Waals surface area contributed by atoms with Crippen LogP contribution in [0.2, 0.25) is 0 Å². The highest BCUT2D eigenvalue weighted by molar-refractivity contribution is 6.40. The van der Waals surface area contributed by atoms with E-state index in [1.165, 1.54) is 0 Å². The molecule has 3 heteroatoms. The first-order valence-corrected chi connectivity index (χ1v) is 12.5. The first-order chi connectivity index (χ1) is 18.5. The molecule has 0 fully saturated rings. The number of hydrogen-bond donors (Lipinski definition) is 0. The van der Waals surface area contributed by atoms with E-state index in [1.807, 2.05) is 92.7 Å². The summed E-state index contributed by atoms with van der Waals surface area (Å²) in [6.45, 7) is 4.03. The van der Waals surface area contributed by atoms with E-state index in [1.54, 1.807) is 30.4 Å². The molecule has 3 nitrogen and oxygen atoms in total. The van der Waals surface area contributed by atoms with Gasteiger partial charge in [0.15, 0.2) is 17.9 Å². The topological polar surface area (TPSA) is 51.2 Å². The minimum atomic E-state index is -0.233. The summed E-state index contributed by atoms with van der Waals surface area (Å²) in [6.07, 6.45) is 13.6. The van der Waals surface area contributed by atoms with E-state index in [2.05, 4.69) is 6.07 Å². The van der Waals surface area contributed by atoms with Crippen LogP contribution >= 0.6 is 0 Å². The average molecular weight is 495 g/mol. The van der Waals surface area contributed by atoms with Crippen LogP contribution in [0.25, 0.3) is 27.1 Å². The molecular weight excluding hydrogens is 468 g/mol. The first kappa shape index (κ1) is 24.8. The summed E-state index contributed by atoms with van der Waals surface area (Å²) >= 11 is 0. The summed E-state index contributed by atoms with van der Waals surface area (Å²) in [4.78, 5) is 37.3. The second-order valence-corrected chi connectivity index (χ2v) is 9.32. The first-order valence-electron chi connectivity index (χ1n) is 12.5. The van der Waals surface area contributed by atoms with Crippen molar-refractivity contribution in [1.29, 1.82) is 0 Å². The Labute approximate surface area is 221 Å². The summed E-state index contributed by atoms with van der Waals surface area (Å²) < 4.78 is 0. The van der Waals surface area contributed by atoms with Crippen molar-refractivity contribution >= 4 is 45.0 Å². The molecule has 0 unspecified atom stereocenters. The molecule has 0 aliphatic heterocycles. The lowest BCUT2D eigenvalue weighted by atomic mass is 9.94. The Balaban J connectivity index is 1.29. The lowest BCUT2D eigenvalue weighted by Crippen LogP contribution is -1.99. The van der Waals surface area contributed by atoms with Crippen molar-refractivity contribution in [2.45, 2.75) is 13.8 Å². The number of Topliss-reactive ketones (excluding diaryl/α,β-unsaturated/α-hetero) is 2. The summed E-state index contributed by atoms with van der Waals surface area (Å²) in [5.74, 6) is -0.465. The molecule has 4 aromatic carbocycles. The number of fused-ring (bicyclic) bond motifs is 3. The fourth-order valence-electron chi connectivity index (χ4n) is 4.72. The third-order valence-corrected chi connectivity index (χ3v) is 6.96. The van der Waals surface area contributed by atoms with Gasteiger partial charge in [-0.05, 0) is 82.4 Å². The third kappa shape index (κ3) is 4.74. The Kier molecular flexibility index (Phi) is 6.92. The van der Waals surface area contributed by atoms with Crippen molar-refractivity contribution in [3.05, 3.63) is 149 Å². The van der Waals surface area contributed by atoms with Gasteiger partial charge in [0.2, 0.25) is 0 Å². The van der Waals surface area contributed by atoms with Crippen molar-refractivity contribution in [3.8, 4) is 0 Å². The molecule has 0 saturated heterocycles. The zero-order valence-corrected chi connectivity index (χ0v) is 21.3. The fourth-order valence-corrected chi connectivity index (χ4v) is 4.72. The zero-order chi connectivity index (χ0) is 26.6. The van der Waals surface area contributed by atoms with Crippen molar-refractivity contribution in [3.63, 3.8) is 0 Å². The monoisotopic (exact) mass is 494 g/mol. The highest BCUT2D eigenvalue weighted by atomic mass is 16.2. The van der Waals surface area contributed by atoms with Gasteiger partial charge in [-0.25, -0.2) is 0 Å². The third-order valence-electron chi connectivity index (χ3n) is 6.96. The Morgan fingerprint density at radius 3 is 1.71 bits per heavy atom. The molecule has 1 aliphatic rings. The van der Waals surface area contributed by atoms with E-state index in [4.69, 9.17) is 0 Å². The van der Waals surface area contributed by atoms with E-state index in [0.717, 1.165) is 44.5 Å². The highest BCUT2D eigenvalue weighted by Crippen LogP contribution is 2.31. The normalized spacial score (nSPS) is 14.3. The summed E-state index contributed by atoms with van der Waals surface area (Å²) in [6, 6.07) is 23.3. The lowest BCUT2D eigenvalue weighted by Gasteiger charge is -2.10. The average Bonchev–Trinajstić information content (AvgIpc) is 3.18. The Hall–Kier alpha value is -4.89. The predicted molar refractivity (Wildman–Crippen MR) is 156 cm³/mol. The van der Waals surface area contributed by atoms with Crippen LogP contribution in [0.4, 0.5) is 0 Å². The molecule has 0 bridgehead atoms. The van der Waals surface area contributed by atoms with Crippen LogP contribution in [0, 0.1) is 0 Å². The Morgan fingerprint density at radius 2 is 1.13 bits per heavy atom. The molecule has 4 aromatic rings. The molecule has 38 heavy (non-hydrogen) atoms. The Morgan fingerprint density at radius 1 is 0.632 bits per heavy atom. The quantitative estimate of drug-likeness (QED) is 0.117. The SMILES string of the molecule is CC(/C=C/C=C/C=C/C=C1C(=O)c2cc3ccccc3cc2C1=O)=C(/C)c1cc2ccccc2cc1C=O. The molecule has 0 atom stereocenters. The van der Waals surface area contributed by atoms with E-state index in [0.29, 0.717) is 16.7 Å². The minimum Gasteiger partial charge on any atom is -0.298 e. The number of carbonyl (C=O) groups is 3. The van der Waals surface area contributed by atoms with Crippen molar-refractivity contribution in [2.24, 2.45) is 0 Å². The van der Waals surface area contributed by atoms with Gasteiger partial charge < -0.3 is 0 Å². The summed E-state index contributed by atoms with van der Waals surface area (Å²) in [5, 5.41) is 4.03. The maximum atomic E-state index is 12.8. The minimum absolute atomic E-state index is 0.186. The smallest absolute Gasteiger partial charge is 0.197 e. The van der Waals surface area contributed by atoms with Gasteiger partial charge in [0, 0.05) is 16.7 Å². The van der Waals surface area contributed by atoms with Gasteiger partial charge >= 0.3 is 0 Å². The molecule has 5 rings (SSSR count). The predicted octanol–water partition coefficient (Wildman–Crippen LogP) is 8.27. The van der Waals surface area contributed by atoms with Crippen LogP contribution in [-0.2, 0) is 0 Å². The fraction of sp³-hybridized carbons (Fsp3) is 0.0571. The van der Waals surface area contributed by atoms with E-state index >= 15 is 0 Å². The zero-order valence-electron chi connectivity index (χ0n) is 21.3. The van der Waals surface area contributed by atoms with Crippen LogP contribution in [0.15, 0.2) is 126 Å². The van der Waals surface area contributed by atoms with Crippen LogP contribution < -0.4 is 0 Å². The van der Waals surface area contributed by atoms with E-state index < -0.39 is 0 Å². The van der Waals surface area contributed by atoms with Gasteiger partial charge in [-0.15, -0.1) is 0 Å². The molecule has 0 N–H and O–H groups in total. The lowest BCUT2D eigenvalue weighted by molar-refractivity contribution is 0.0988. The molecule has 0 aromatic heterocycles. The number of hydrogen-bond acceptors (Lipinski definition) is 3. The molecule has 0 saturated carbocycles. The van der Waals surface area contributed by atoms with Gasteiger partial charge in [0.1, 0.15) is 0 Å². The van der Waals surface area contributed by atoms with Crippen molar-refractivity contribution < 1.29 is 14.4 Å². The van der Waals surface area contributed by atoms with Gasteiger partial charge in [0.05, 0.1) is 5.57 Å². The number of benzene rings is 4. The van der Waals surface area contributed by atoms with Crippen LogP contribution in [0.5, 0.6) is 0 Å². The van der Waals surface area contributed by atoms with Crippen LogP contribution in [-0.4, -0.2) is 17.9 Å². The van der Waals surface area contributed by atoms with Crippen LogP contribution in [0.3, 0.4) is 0 Å². The maximum absolute atomic E-state index is 12.8. The number of carbonyl (C=O) groups excluding carboxylic acids is 3. The molecule has 0 heterocycles. The van der Waals surface area contributed by atoms with Gasteiger partial charge in [0.25, 0.3) is 0 Å². The second-order valence-electron chi connectivity index (χ2n) is 9.32. The molecule has 0 radical (unpaired) electrons. The summed E-state index contributed by atoms with van der Waals surface area (Å²) in [7, 11) is 0. The number of aldehydes is 1. The van der Waals surface area contributed by atoms with Crippen molar-refractivity contribution in [1.82, 2.24) is 0 Å². The molecule has 0 amide bonds. The standard InChI is InChI=1S/C35H26O3/c1-23(24(2)31-19-26-14-9-8-13-25(26)18-29(31)22-36)12-6-4-3-5-7-17-30-34(37)32-20-27-15-10-11-16-28(27)21-33(32)35(30)38/h3-22H,1-2H3/b4-3+,7-5+,12-6+,24-23+. The largest absolute Gasteiger partial charge is 0.298 e. The summed E-state index contributed by atoms with van der Waals surface area (Å²) in [5.41, 5.74) is 4.80. The second kappa shape index (κ2) is 10.6. The van der Waals surface area contributed by atoms with Crippen molar-refractivity contribution in [2.75, 3.05) is 0 Å². The number of ketones is 2. The van der Waals surface area contributed by atoms with E-state index in [-0.39, 0.29) is 17.1 Å². The number of allylic oxidation sites excluding steroid dienone is 10. The number of rotatable bonds is 6. The van der Waals surface area contributed by atoms with Gasteiger partial charge in [-0.2, -0.15) is 0 Å². The van der Waals surface area contributed by atoms with Gasteiger partial charge in [-0.1, -0.05) is 85.0 Å². The van der Waals surface area contributed by atoms with E-state index in [9.17, 15) is 14.4 Å². The maximum Gasteiger partial charge on any atom is 0.197 e. The molecule has 1 aliphatic carbocycles. The molecular formula is C35H26O3. The highest BCUT2D eigenvalue weighted by Gasteiger charge is 2.32. The van der Waals surface area contributed by atoms with Gasteiger partial charge in [-0.3, -0.25) is 14.4 Å².